The molecule has 0 spiro atoms. The van der Waals surface area contributed by atoms with Crippen LogP contribution in [0.25, 0.3) is 11.0 Å². The molecule has 9 nitrogen and oxygen atoms in total. The Morgan fingerprint density at radius 2 is 1.90 bits per heavy atom. The largest absolute Gasteiger partial charge is 0.495 e. The Bertz CT molecular complexity index is 1290. The number of carbonyl (C=O) groups excluding carboxylic acids is 1. The quantitative estimate of drug-likeness (QED) is 0.653. The van der Waals surface area contributed by atoms with Gasteiger partial charge in [-0.3, -0.25) is 18.7 Å². The molecule has 30 heavy (non-hydrogen) atoms. The van der Waals surface area contributed by atoms with Crippen LogP contribution in [-0.4, -0.2) is 27.1 Å². The van der Waals surface area contributed by atoms with Crippen LogP contribution >= 0.6 is 11.6 Å². The molecule has 3 rings (SSSR count). The van der Waals surface area contributed by atoms with Gasteiger partial charge in [0.2, 0.25) is 0 Å². The minimum absolute atomic E-state index is 0.0651. The van der Waals surface area contributed by atoms with Crippen molar-refractivity contribution < 1.29 is 9.53 Å². The molecule has 0 radical (unpaired) electrons. The number of rotatable bonds is 4. The Balaban J connectivity index is 2.31. The molecule has 1 amide bonds. The van der Waals surface area contributed by atoms with Gasteiger partial charge in [0.25, 0.3) is 11.5 Å². The molecule has 0 aliphatic carbocycles. The zero-order valence-electron chi connectivity index (χ0n) is 17.2. The lowest BCUT2D eigenvalue weighted by Gasteiger charge is -2.19. The number of aryl methyl sites for hydroxylation is 1. The van der Waals surface area contributed by atoms with E-state index in [0.717, 1.165) is 4.57 Å². The van der Waals surface area contributed by atoms with Crippen LogP contribution in [0.3, 0.4) is 0 Å². The SMILES string of the molecule is COc1ccc(Cl)cc1NC(=O)c1c(N)nc2c(c1C(C)C)c(=O)n(C)c(=O)n2C. The van der Waals surface area contributed by atoms with Crippen molar-refractivity contribution in [2.24, 2.45) is 14.1 Å². The van der Waals surface area contributed by atoms with Gasteiger partial charge in [-0.2, -0.15) is 0 Å². The standard InChI is InChI=1S/C20H22ClN5O4/c1-9(2)13-14(18(27)23-11-8-10(21)6-7-12(11)30-5)16(22)24-17-15(13)19(28)26(4)20(29)25(17)3/h6-9H,1-5H3,(H2,22,24)(H,23,27). The number of nitrogen functional groups attached to an aromatic ring is 1. The van der Waals surface area contributed by atoms with Crippen LogP contribution < -0.4 is 27.0 Å². The maximum Gasteiger partial charge on any atom is 0.332 e. The molecule has 10 heteroatoms. The van der Waals surface area contributed by atoms with Crippen LogP contribution in [0.4, 0.5) is 11.5 Å². The highest BCUT2D eigenvalue weighted by Crippen LogP contribution is 2.32. The second-order valence-corrected chi connectivity index (χ2v) is 7.58. The summed E-state index contributed by atoms with van der Waals surface area (Å²) >= 11 is 6.04. The van der Waals surface area contributed by atoms with Crippen molar-refractivity contribution in [3.8, 4) is 5.75 Å². The Hall–Kier alpha value is -3.33. The predicted octanol–water partition coefficient (Wildman–Crippen LogP) is 2.25. The maximum atomic E-state index is 13.2. The van der Waals surface area contributed by atoms with E-state index in [0.29, 0.717) is 22.0 Å². The first-order chi connectivity index (χ1) is 14.1. The number of benzene rings is 1. The first-order valence-corrected chi connectivity index (χ1v) is 9.50. The van der Waals surface area contributed by atoms with Crippen LogP contribution in [0.1, 0.15) is 35.7 Å². The van der Waals surface area contributed by atoms with E-state index in [-0.39, 0.29) is 28.3 Å². The summed E-state index contributed by atoms with van der Waals surface area (Å²) in [6, 6.07) is 4.79. The molecule has 0 saturated carbocycles. The average molecular weight is 432 g/mol. The third kappa shape index (κ3) is 3.41. The van der Waals surface area contributed by atoms with E-state index in [1.807, 2.05) is 13.8 Å². The molecular weight excluding hydrogens is 410 g/mol. The molecule has 0 fully saturated rings. The number of ether oxygens (including phenoxy) is 1. The van der Waals surface area contributed by atoms with Gasteiger partial charge in [0.05, 0.1) is 23.7 Å². The highest BCUT2D eigenvalue weighted by molar-refractivity contribution is 6.31. The van der Waals surface area contributed by atoms with Crippen LogP contribution in [0, 0.1) is 0 Å². The molecule has 3 aromatic rings. The molecule has 0 bridgehead atoms. The summed E-state index contributed by atoms with van der Waals surface area (Å²) in [5.74, 6) is -0.510. The number of methoxy groups -OCH3 is 1. The third-order valence-electron chi connectivity index (χ3n) is 4.87. The number of hydrogen-bond donors (Lipinski definition) is 2. The van der Waals surface area contributed by atoms with Crippen molar-refractivity contribution in [3.05, 3.63) is 55.2 Å². The Morgan fingerprint density at radius 1 is 1.23 bits per heavy atom. The number of nitrogens with one attached hydrogen (secondary N) is 1. The van der Waals surface area contributed by atoms with Gasteiger partial charge in [0, 0.05) is 19.1 Å². The van der Waals surface area contributed by atoms with Gasteiger partial charge in [0.15, 0.2) is 5.65 Å². The molecular formula is C20H22ClN5O4. The Kier molecular flexibility index (Phi) is 5.58. The molecule has 3 N–H and O–H groups in total. The van der Waals surface area contributed by atoms with Crippen molar-refractivity contribution in [3.63, 3.8) is 0 Å². The van der Waals surface area contributed by atoms with Crippen LogP contribution in [0.2, 0.25) is 5.02 Å². The summed E-state index contributed by atoms with van der Waals surface area (Å²) in [4.78, 5) is 42.7. The number of hydrogen-bond acceptors (Lipinski definition) is 6. The highest BCUT2D eigenvalue weighted by atomic mass is 35.5. The van der Waals surface area contributed by atoms with E-state index in [9.17, 15) is 14.4 Å². The molecule has 2 heterocycles. The van der Waals surface area contributed by atoms with Crippen LogP contribution in [0.15, 0.2) is 27.8 Å². The molecule has 0 unspecified atom stereocenters. The summed E-state index contributed by atoms with van der Waals surface area (Å²) in [6.45, 7) is 3.66. The lowest BCUT2D eigenvalue weighted by molar-refractivity contribution is 0.102. The normalized spacial score (nSPS) is 11.2. The molecule has 0 saturated heterocycles. The minimum Gasteiger partial charge on any atom is -0.495 e. The number of nitrogens with two attached hydrogens (primary N) is 1. The molecule has 158 valence electrons. The number of carbonyl (C=O) groups is 1. The molecule has 1 aromatic carbocycles. The number of pyridine rings is 1. The van der Waals surface area contributed by atoms with Crippen molar-refractivity contribution in [2.45, 2.75) is 19.8 Å². The number of fused-ring (bicyclic) bond motifs is 1. The molecule has 0 aliphatic rings. The monoisotopic (exact) mass is 431 g/mol. The molecule has 2 aromatic heterocycles. The first kappa shape index (κ1) is 21.4. The summed E-state index contributed by atoms with van der Waals surface area (Å²) in [7, 11) is 4.34. The van der Waals surface area contributed by atoms with E-state index in [4.69, 9.17) is 22.1 Å². The maximum absolute atomic E-state index is 13.2. The van der Waals surface area contributed by atoms with Crippen molar-refractivity contribution >= 4 is 40.0 Å². The number of aromatic nitrogens is 3. The Morgan fingerprint density at radius 3 is 2.50 bits per heavy atom. The smallest absolute Gasteiger partial charge is 0.332 e. The van der Waals surface area contributed by atoms with E-state index in [1.54, 1.807) is 18.2 Å². The van der Waals surface area contributed by atoms with Gasteiger partial charge in [0.1, 0.15) is 11.6 Å². The predicted molar refractivity (Wildman–Crippen MR) is 117 cm³/mol. The van der Waals surface area contributed by atoms with Crippen molar-refractivity contribution in [1.82, 2.24) is 14.1 Å². The number of halogens is 1. The lowest BCUT2D eigenvalue weighted by Crippen LogP contribution is -2.38. The van der Waals surface area contributed by atoms with Crippen molar-refractivity contribution in [2.75, 3.05) is 18.2 Å². The summed E-state index contributed by atoms with van der Waals surface area (Å²) in [6.07, 6.45) is 0. The Labute approximate surface area is 177 Å². The fraction of sp³-hybridized carbons (Fsp3) is 0.300. The topological polar surface area (TPSA) is 121 Å². The van der Waals surface area contributed by atoms with E-state index >= 15 is 0 Å². The van der Waals surface area contributed by atoms with Crippen LogP contribution in [0.5, 0.6) is 5.75 Å². The van der Waals surface area contributed by atoms with Crippen LogP contribution in [-0.2, 0) is 14.1 Å². The number of anilines is 2. The fourth-order valence-electron chi connectivity index (χ4n) is 3.41. The first-order valence-electron chi connectivity index (χ1n) is 9.12. The zero-order valence-corrected chi connectivity index (χ0v) is 18.0. The third-order valence-corrected chi connectivity index (χ3v) is 5.10. The molecule has 0 atom stereocenters. The van der Waals surface area contributed by atoms with Crippen molar-refractivity contribution in [1.29, 1.82) is 0 Å². The second kappa shape index (κ2) is 7.83. The minimum atomic E-state index is -0.568. The number of nitrogens with zero attached hydrogens (tertiary/aromatic N) is 3. The molecule has 0 aliphatic heterocycles. The van der Waals surface area contributed by atoms with Gasteiger partial charge in [-0.05, 0) is 29.7 Å². The highest BCUT2D eigenvalue weighted by Gasteiger charge is 2.26. The van der Waals surface area contributed by atoms with Gasteiger partial charge in [-0.25, -0.2) is 9.78 Å². The zero-order chi connectivity index (χ0) is 22.3. The second-order valence-electron chi connectivity index (χ2n) is 7.14. The van der Waals surface area contributed by atoms with Gasteiger partial charge in [-0.1, -0.05) is 25.4 Å². The van der Waals surface area contributed by atoms with Gasteiger partial charge < -0.3 is 15.8 Å². The summed E-state index contributed by atoms with van der Waals surface area (Å²) in [5.41, 5.74) is 6.00. The van der Waals surface area contributed by atoms with E-state index in [2.05, 4.69) is 10.3 Å². The lowest BCUT2D eigenvalue weighted by atomic mass is 9.94. The van der Waals surface area contributed by atoms with Gasteiger partial charge >= 0.3 is 5.69 Å². The van der Waals surface area contributed by atoms with E-state index < -0.39 is 17.2 Å². The van der Waals surface area contributed by atoms with Gasteiger partial charge in [-0.15, -0.1) is 0 Å². The summed E-state index contributed by atoms with van der Waals surface area (Å²) in [5, 5.41) is 3.31. The average Bonchev–Trinajstić information content (AvgIpc) is 2.69. The summed E-state index contributed by atoms with van der Waals surface area (Å²) < 4.78 is 7.48. The van der Waals surface area contributed by atoms with E-state index in [1.165, 1.54) is 25.8 Å². The number of amides is 1. The fourth-order valence-corrected chi connectivity index (χ4v) is 3.58.